The molecule has 0 radical (unpaired) electrons. The second-order valence-corrected chi connectivity index (χ2v) is 6.66. The summed E-state index contributed by atoms with van der Waals surface area (Å²) in [5, 5.41) is 4.21. The van der Waals surface area contributed by atoms with Gasteiger partial charge in [-0.25, -0.2) is 0 Å². The first-order chi connectivity index (χ1) is 9.22. The molecule has 0 saturated carbocycles. The van der Waals surface area contributed by atoms with Crippen LogP contribution < -0.4 is 5.73 Å². The summed E-state index contributed by atoms with van der Waals surface area (Å²) in [5.74, 6) is 0. The Labute approximate surface area is 118 Å². The van der Waals surface area contributed by atoms with Gasteiger partial charge in [-0.05, 0) is 49.3 Å². The van der Waals surface area contributed by atoms with Gasteiger partial charge >= 0.3 is 0 Å². The Bertz CT molecular complexity index is 532. The van der Waals surface area contributed by atoms with E-state index in [1.807, 2.05) is 29.3 Å². The highest BCUT2D eigenvalue weighted by Gasteiger charge is 2.16. The van der Waals surface area contributed by atoms with Crippen LogP contribution in [-0.2, 0) is 26.3 Å². The van der Waals surface area contributed by atoms with Crippen molar-refractivity contribution in [1.29, 1.82) is 0 Å². The summed E-state index contributed by atoms with van der Waals surface area (Å²) in [5.41, 5.74) is 9.14. The molecule has 0 aliphatic heterocycles. The second-order valence-electron chi connectivity index (χ2n) is 5.49. The van der Waals surface area contributed by atoms with Gasteiger partial charge in [0.1, 0.15) is 0 Å². The number of nitrogens with zero attached hydrogens (tertiary/aromatic N) is 2. The Hall–Kier alpha value is -1.13. The van der Waals surface area contributed by atoms with Crippen LogP contribution in [0.1, 0.15) is 46.2 Å². The zero-order chi connectivity index (χ0) is 13.2. The van der Waals surface area contributed by atoms with E-state index in [0.717, 1.165) is 6.42 Å². The summed E-state index contributed by atoms with van der Waals surface area (Å²) < 4.78 is 1.84. The lowest BCUT2D eigenvalue weighted by molar-refractivity contribution is 0.709. The van der Waals surface area contributed by atoms with Crippen LogP contribution in [0.2, 0.25) is 0 Å². The van der Waals surface area contributed by atoms with Gasteiger partial charge < -0.3 is 5.73 Å². The van der Waals surface area contributed by atoms with E-state index >= 15 is 0 Å². The maximum atomic E-state index is 6.36. The van der Waals surface area contributed by atoms with E-state index in [2.05, 4.69) is 17.4 Å². The fraction of sp³-hybridized carbons (Fsp3) is 0.533. The van der Waals surface area contributed by atoms with Gasteiger partial charge in [-0.1, -0.05) is 6.42 Å². The summed E-state index contributed by atoms with van der Waals surface area (Å²) in [6, 6.07) is 2.47. The number of hydrogen-bond donors (Lipinski definition) is 1. The maximum absolute atomic E-state index is 6.36. The van der Waals surface area contributed by atoms with E-state index in [-0.39, 0.29) is 6.04 Å². The lowest BCUT2D eigenvalue weighted by Gasteiger charge is -2.07. The second kappa shape index (κ2) is 5.47. The molecule has 102 valence electrons. The molecule has 2 heterocycles. The van der Waals surface area contributed by atoms with E-state index in [0.29, 0.717) is 0 Å². The van der Waals surface area contributed by atoms with Gasteiger partial charge in [0.25, 0.3) is 0 Å². The van der Waals surface area contributed by atoms with Gasteiger partial charge in [0, 0.05) is 29.0 Å². The first kappa shape index (κ1) is 12.9. The van der Waals surface area contributed by atoms with E-state index in [4.69, 9.17) is 5.73 Å². The highest BCUT2D eigenvalue weighted by molar-refractivity contribution is 7.12. The lowest BCUT2D eigenvalue weighted by atomic mass is 10.1. The molecule has 1 atom stereocenters. The first-order valence-electron chi connectivity index (χ1n) is 7.07. The molecule has 4 heteroatoms. The number of nitrogens with two attached hydrogens (primary N) is 1. The van der Waals surface area contributed by atoms with Gasteiger partial charge in [0.05, 0.1) is 6.20 Å². The van der Waals surface area contributed by atoms with E-state index in [9.17, 15) is 0 Å². The smallest absolute Gasteiger partial charge is 0.0522 e. The Morgan fingerprint density at radius 2 is 2.21 bits per heavy atom. The largest absolute Gasteiger partial charge is 0.323 e. The SMILES string of the molecule is Cn1cc(CC(N)c2cc3c(s2)CCCCC3)cn1. The minimum atomic E-state index is 0.112. The molecule has 0 fully saturated rings. The standard InChI is InChI=1S/C15H21N3S/c1-18-10-11(9-17-18)7-13(16)15-8-12-5-3-2-4-6-14(12)19-15/h8-10,13H,2-7,16H2,1H3. The molecule has 1 aliphatic carbocycles. The van der Waals surface area contributed by atoms with Crippen molar-refractivity contribution in [3.05, 3.63) is 39.3 Å². The van der Waals surface area contributed by atoms with Crippen molar-refractivity contribution < 1.29 is 0 Å². The molecule has 3 rings (SSSR count). The average Bonchev–Trinajstić information content (AvgIpc) is 2.91. The molecular weight excluding hydrogens is 254 g/mol. The molecule has 3 nitrogen and oxygen atoms in total. The van der Waals surface area contributed by atoms with Crippen LogP contribution >= 0.6 is 11.3 Å². The zero-order valence-electron chi connectivity index (χ0n) is 11.4. The van der Waals surface area contributed by atoms with Crippen LogP contribution in [0.25, 0.3) is 0 Å². The maximum Gasteiger partial charge on any atom is 0.0522 e. The van der Waals surface area contributed by atoms with Crippen molar-refractivity contribution in [3.63, 3.8) is 0 Å². The topological polar surface area (TPSA) is 43.8 Å². The molecule has 2 aromatic rings. The number of hydrogen-bond acceptors (Lipinski definition) is 3. The molecule has 0 aromatic carbocycles. The molecule has 0 bridgehead atoms. The summed E-state index contributed by atoms with van der Waals surface area (Å²) in [6.45, 7) is 0. The number of fused-ring (bicyclic) bond motifs is 1. The Morgan fingerprint density at radius 3 is 3.00 bits per heavy atom. The molecular formula is C15H21N3S. The van der Waals surface area contributed by atoms with Gasteiger partial charge in [-0.2, -0.15) is 5.10 Å². The minimum absolute atomic E-state index is 0.112. The van der Waals surface area contributed by atoms with Crippen molar-refractivity contribution in [2.24, 2.45) is 12.8 Å². The van der Waals surface area contributed by atoms with Crippen LogP contribution in [0.3, 0.4) is 0 Å². The Morgan fingerprint density at radius 1 is 1.37 bits per heavy atom. The summed E-state index contributed by atoms with van der Waals surface area (Å²) in [4.78, 5) is 2.92. The van der Waals surface area contributed by atoms with Crippen molar-refractivity contribution in [2.75, 3.05) is 0 Å². The summed E-state index contributed by atoms with van der Waals surface area (Å²) in [7, 11) is 1.95. The Balaban J connectivity index is 1.74. The molecule has 0 spiro atoms. The summed E-state index contributed by atoms with van der Waals surface area (Å²) in [6.07, 6.45) is 11.4. The van der Waals surface area contributed by atoms with Crippen LogP contribution in [0.4, 0.5) is 0 Å². The van der Waals surface area contributed by atoms with Gasteiger partial charge in [-0.15, -0.1) is 11.3 Å². The van der Waals surface area contributed by atoms with Gasteiger partial charge in [0.15, 0.2) is 0 Å². The van der Waals surface area contributed by atoms with Gasteiger partial charge in [0.2, 0.25) is 0 Å². The molecule has 1 unspecified atom stereocenters. The lowest BCUT2D eigenvalue weighted by Crippen LogP contribution is -2.11. The third-order valence-electron chi connectivity index (χ3n) is 3.85. The molecule has 2 N–H and O–H groups in total. The third kappa shape index (κ3) is 2.90. The predicted octanol–water partition coefficient (Wildman–Crippen LogP) is 2.99. The predicted molar refractivity (Wildman–Crippen MR) is 79.4 cm³/mol. The van der Waals surface area contributed by atoms with Crippen molar-refractivity contribution in [1.82, 2.24) is 9.78 Å². The highest BCUT2D eigenvalue weighted by Crippen LogP contribution is 2.32. The zero-order valence-corrected chi connectivity index (χ0v) is 12.2. The summed E-state index contributed by atoms with van der Waals surface area (Å²) >= 11 is 1.93. The van der Waals surface area contributed by atoms with E-state index < -0.39 is 0 Å². The average molecular weight is 275 g/mol. The number of rotatable bonds is 3. The van der Waals surface area contributed by atoms with Crippen LogP contribution in [-0.4, -0.2) is 9.78 Å². The third-order valence-corrected chi connectivity index (χ3v) is 5.21. The number of aromatic nitrogens is 2. The van der Waals surface area contributed by atoms with Crippen LogP contribution in [0, 0.1) is 0 Å². The van der Waals surface area contributed by atoms with Crippen LogP contribution in [0.5, 0.6) is 0 Å². The molecule has 19 heavy (non-hydrogen) atoms. The minimum Gasteiger partial charge on any atom is -0.323 e. The van der Waals surface area contributed by atoms with E-state index in [1.165, 1.54) is 42.5 Å². The van der Waals surface area contributed by atoms with E-state index in [1.54, 1.807) is 10.4 Å². The molecule has 0 amide bonds. The van der Waals surface area contributed by atoms with Gasteiger partial charge in [-0.3, -0.25) is 4.68 Å². The fourth-order valence-corrected chi connectivity index (χ4v) is 4.06. The van der Waals surface area contributed by atoms with Crippen molar-refractivity contribution in [2.45, 2.75) is 44.6 Å². The van der Waals surface area contributed by atoms with Crippen molar-refractivity contribution >= 4 is 11.3 Å². The monoisotopic (exact) mass is 275 g/mol. The van der Waals surface area contributed by atoms with Crippen LogP contribution in [0.15, 0.2) is 18.5 Å². The molecule has 2 aromatic heterocycles. The number of aryl methyl sites for hydroxylation is 3. The fourth-order valence-electron chi connectivity index (χ4n) is 2.80. The molecule has 0 saturated heterocycles. The quantitative estimate of drug-likeness (QED) is 0.875. The molecule has 1 aliphatic rings. The number of thiophene rings is 1. The van der Waals surface area contributed by atoms with Crippen molar-refractivity contribution in [3.8, 4) is 0 Å². The first-order valence-corrected chi connectivity index (χ1v) is 7.88. The highest BCUT2D eigenvalue weighted by atomic mass is 32.1. The normalized spacial score (nSPS) is 16.9. The Kier molecular flexibility index (Phi) is 3.71.